The Labute approximate surface area is 77.1 Å². The topological polar surface area (TPSA) is 37.3 Å². The van der Waals surface area contributed by atoms with Crippen LogP contribution < -0.4 is 0 Å². The van der Waals surface area contributed by atoms with Crippen LogP contribution in [0.5, 0.6) is 0 Å². The van der Waals surface area contributed by atoms with E-state index in [4.69, 9.17) is 5.11 Å². The molecule has 0 aromatic heterocycles. The van der Waals surface area contributed by atoms with Crippen LogP contribution in [0.15, 0.2) is 0 Å². The first-order valence-electron chi connectivity index (χ1n) is 4.89. The zero-order valence-corrected chi connectivity index (χ0v) is 7.96. The van der Waals surface area contributed by atoms with Gasteiger partial charge in [-0.2, -0.15) is 0 Å². The average molecular weight is 186 g/mol. The summed E-state index contributed by atoms with van der Waals surface area (Å²) < 4.78 is 14.0. The molecule has 5 atom stereocenters. The molecule has 0 spiro atoms. The lowest BCUT2D eigenvalue weighted by Gasteiger charge is -2.33. The summed E-state index contributed by atoms with van der Waals surface area (Å²) in [6.07, 6.45) is 1.00. The fourth-order valence-electron chi connectivity index (χ4n) is 3.20. The summed E-state index contributed by atoms with van der Waals surface area (Å²) in [4.78, 5) is 10.8. The van der Waals surface area contributed by atoms with Crippen molar-refractivity contribution in [2.75, 3.05) is 0 Å². The Balaban J connectivity index is 2.27. The molecule has 0 heterocycles. The summed E-state index contributed by atoms with van der Waals surface area (Å²) >= 11 is 0. The van der Waals surface area contributed by atoms with Gasteiger partial charge in [-0.1, -0.05) is 13.8 Å². The molecule has 2 aliphatic carbocycles. The van der Waals surface area contributed by atoms with Crippen molar-refractivity contribution in [3.63, 3.8) is 0 Å². The van der Waals surface area contributed by atoms with Gasteiger partial charge < -0.3 is 5.11 Å². The zero-order valence-electron chi connectivity index (χ0n) is 7.96. The van der Waals surface area contributed by atoms with E-state index in [-0.39, 0.29) is 18.3 Å². The van der Waals surface area contributed by atoms with Gasteiger partial charge in [0.1, 0.15) is 0 Å². The molecule has 74 valence electrons. The second-order valence-electron chi connectivity index (χ2n) is 4.69. The molecular formula is C10H15FO2. The number of carboxylic acid groups (broad SMARTS) is 1. The van der Waals surface area contributed by atoms with Crippen LogP contribution in [0.25, 0.3) is 0 Å². The number of carbonyl (C=O) groups is 1. The molecule has 2 nitrogen and oxygen atoms in total. The van der Waals surface area contributed by atoms with Gasteiger partial charge in [-0.15, -0.1) is 0 Å². The summed E-state index contributed by atoms with van der Waals surface area (Å²) in [6, 6.07) is 0. The fraction of sp³-hybridized carbons (Fsp3) is 0.900. The molecule has 2 saturated carbocycles. The van der Waals surface area contributed by atoms with E-state index in [2.05, 4.69) is 6.92 Å². The molecule has 2 bridgehead atoms. The highest BCUT2D eigenvalue weighted by Gasteiger charge is 2.62. The largest absolute Gasteiger partial charge is 0.479 e. The normalized spacial score (nSPS) is 54.1. The number of rotatable bonds is 1. The first kappa shape index (κ1) is 8.97. The fourth-order valence-corrected chi connectivity index (χ4v) is 3.20. The van der Waals surface area contributed by atoms with Crippen LogP contribution in [0.2, 0.25) is 0 Å². The van der Waals surface area contributed by atoms with Crippen molar-refractivity contribution >= 4 is 5.97 Å². The van der Waals surface area contributed by atoms with Gasteiger partial charge in [-0.25, -0.2) is 9.18 Å². The minimum absolute atomic E-state index is 0.222. The van der Waals surface area contributed by atoms with E-state index in [0.717, 1.165) is 6.42 Å². The number of fused-ring (bicyclic) bond motifs is 2. The quantitative estimate of drug-likeness (QED) is 0.680. The number of halogens is 1. The van der Waals surface area contributed by atoms with Crippen molar-refractivity contribution in [3.8, 4) is 0 Å². The molecule has 0 radical (unpaired) electrons. The van der Waals surface area contributed by atoms with Crippen molar-refractivity contribution in [1.82, 2.24) is 0 Å². The van der Waals surface area contributed by atoms with E-state index in [0.29, 0.717) is 11.8 Å². The van der Waals surface area contributed by atoms with Gasteiger partial charge in [-0.05, 0) is 30.6 Å². The second-order valence-corrected chi connectivity index (χ2v) is 4.69. The van der Waals surface area contributed by atoms with Gasteiger partial charge in [0.25, 0.3) is 0 Å². The Morgan fingerprint density at radius 2 is 2.08 bits per heavy atom. The average Bonchev–Trinajstić information content (AvgIpc) is 2.52. The number of alkyl halides is 1. The molecule has 2 aliphatic rings. The molecule has 0 amide bonds. The molecule has 0 saturated heterocycles. The Bertz CT molecular complexity index is 251. The number of aliphatic carboxylic acids is 1. The second kappa shape index (κ2) is 2.46. The first-order chi connectivity index (χ1) is 5.97. The van der Waals surface area contributed by atoms with Crippen molar-refractivity contribution in [3.05, 3.63) is 0 Å². The van der Waals surface area contributed by atoms with Crippen molar-refractivity contribution in [2.24, 2.45) is 23.7 Å². The van der Waals surface area contributed by atoms with E-state index in [1.807, 2.05) is 6.92 Å². The van der Waals surface area contributed by atoms with Gasteiger partial charge in [0.15, 0.2) is 0 Å². The lowest BCUT2D eigenvalue weighted by Crippen LogP contribution is -2.44. The van der Waals surface area contributed by atoms with E-state index in [1.54, 1.807) is 0 Å². The summed E-state index contributed by atoms with van der Waals surface area (Å²) in [7, 11) is 0. The standard InChI is InChI=1S/C10H15FO2/c1-5-6(2)8-3-7(5)4-10(8,11)9(12)13/h5-8H,3-4H2,1-2H3,(H,12,13). The highest BCUT2D eigenvalue weighted by atomic mass is 19.1. The molecule has 1 N–H and O–H groups in total. The molecule has 13 heavy (non-hydrogen) atoms. The van der Waals surface area contributed by atoms with Gasteiger partial charge in [0.05, 0.1) is 0 Å². The van der Waals surface area contributed by atoms with E-state index in [9.17, 15) is 9.18 Å². The molecule has 2 rings (SSSR count). The molecule has 0 aliphatic heterocycles. The van der Waals surface area contributed by atoms with Gasteiger partial charge >= 0.3 is 5.97 Å². The molecule has 2 fully saturated rings. The van der Waals surface area contributed by atoms with Crippen LogP contribution in [0.3, 0.4) is 0 Å². The zero-order chi connectivity index (χ0) is 9.80. The van der Waals surface area contributed by atoms with Crippen molar-refractivity contribution < 1.29 is 14.3 Å². The number of hydrogen-bond acceptors (Lipinski definition) is 1. The maximum atomic E-state index is 14.0. The monoisotopic (exact) mass is 186 g/mol. The van der Waals surface area contributed by atoms with Crippen LogP contribution in [0.4, 0.5) is 4.39 Å². The van der Waals surface area contributed by atoms with Crippen LogP contribution in [-0.2, 0) is 4.79 Å². The van der Waals surface area contributed by atoms with E-state index < -0.39 is 11.6 Å². The highest BCUT2D eigenvalue weighted by Crippen LogP contribution is 2.58. The maximum absolute atomic E-state index is 14.0. The maximum Gasteiger partial charge on any atom is 0.341 e. The van der Waals surface area contributed by atoms with Crippen molar-refractivity contribution in [2.45, 2.75) is 32.4 Å². The van der Waals surface area contributed by atoms with E-state index >= 15 is 0 Å². The van der Waals surface area contributed by atoms with Crippen LogP contribution >= 0.6 is 0 Å². The first-order valence-corrected chi connectivity index (χ1v) is 4.89. The smallest absolute Gasteiger partial charge is 0.341 e. The Kier molecular flexibility index (Phi) is 1.70. The van der Waals surface area contributed by atoms with Crippen LogP contribution in [0.1, 0.15) is 26.7 Å². The summed E-state index contributed by atoms with van der Waals surface area (Å²) in [5, 5.41) is 8.82. The van der Waals surface area contributed by atoms with Gasteiger partial charge in [0.2, 0.25) is 5.67 Å². The predicted octanol–water partition coefficient (Wildman–Crippen LogP) is 2.09. The molecule has 0 aromatic rings. The molecular weight excluding hydrogens is 171 g/mol. The summed E-state index contributed by atoms with van der Waals surface area (Å²) in [6.45, 7) is 4.09. The Hall–Kier alpha value is -0.600. The lowest BCUT2D eigenvalue weighted by atomic mass is 9.74. The minimum Gasteiger partial charge on any atom is -0.479 e. The van der Waals surface area contributed by atoms with Crippen LogP contribution in [-0.4, -0.2) is 16.7 Å². The number of hydrogen-bond donors (Lipinski definition) is 1. The van der Waals surface area contributed by atoms with Crippen molar-refractivity contribution in [1.29, 1.82) is 0 Å². The lowest BCUT2D eigenvalue weighted by molar-refractivity contribution is -0.157. The summed E-state index contributed by atoms with van der Waals surface area (Å²) in [5.74, 6) is -0.488. The molecule has 0 aromatic carbocycles. The molecule has 3 heteroatoms. The van der Waals surface area contributed by atoms with E-state index in [1.165, 1.54) is 0 Å². The highest BCUT2D eigenvalue weighted by molar-refractivity contribution is 5.78. The Morgan fingerprint density at radius 1 is 1.46 bits per heavy atom. The summed E-state index contributed by atoms with van der Waals surface area (Å²) in [5.41, 5.74) is -1.92. The van der Waals surface area contributed by atoms with Crippen LogP contribution in [0, 0.1) is 23.7 Å². The predicted molar refractivity (Wildman–Crippen MR) is 46.0 cm³/mol. The third-order valence-corrected chi connectivity index (χ3v) is 4.27. The third-order valence-electron chi connectivity index (χ3n) is 4.27. The SMILES string of the molecule is CC1C2CC(C1C)C(F)(C(=O)O)C2. The third kappa shape index (κ3) is 0.960. The van der Waals surface area contributed by atoms with Gasteiger partial charge in [-0.3, -0.25) is 0 Å². The molecule has 5 unspecified atom stereocenters. The number of carboxylic acids is 1. The van der Waals surface area contributed by atoms with Gasteiger partial charge in [0, 0.05) is 5.92 Å². The minimum atomic E-state index is -1.92. The Morgan fingerprint density at radius 3 is 2.46 bits per heavy atom.